The average molecular weight is 87.1 g/mol. The zero-order chi connectivity index (χ0) is 4.71. The maximum atomic E-state index is 8.28. The molecule has 0 unspecified atom stereocenters. The Morgan fingerprint density at radius 1 is 1.40 bits per heavy atom. The van der Waals surface area contributed by atoms with Gasteiger partial charge in [0.1, 0.15) is 0 Å². The first-order chi connectivity index (χ1) is 2.41. The SMILES string of the molecule is C[CH]C.[O]=[AlH]. The van der Waals surface area contributed by atoms with Crippen LogP contribution in [0.15, 0.2) is 0 Å². The third kappa shape index (κ3) is 213. The van der Waals surface area contributed by atoms with Gasteiger partial charge in [0.2, 0.25) is 0 Å². The second-order valence-corrected chi connectivity index (χ2v) is 0.577. The summed E-state index contributed by atoms with van der Waals surface area (Å²) in [6.45, 7) is 4.00. The Hall–Kier alpha value is 0.332. The van der Waals surface area contributed by atoms with E-state index in [0.29, 0.717) is 16.2 Å². The Bertz CT molecular complexity index is 10.9. The molecule has 0 aromatic rings. The molecule has 0 spiro atoms. The van der Waals surface area contributed by atoms with E-state index in [1.165, 1.54) is 0 Å². The van der Waals surface area contributed by atoms with Gasteiger partial charge in [-0.15, -0.1) is 0 Å². The van der Waals surface area contributed by atoms with Gasteiger partial charge in [0.05, 0.1) is 0 Å². The molecule has 0 saturated carbocycles. The summed E-state index contributed by atoms with van der Waals surface area (Å²) in [4.78, 5) is 0. The molecule has 0 bridgehead atoms. The van der Waals surface area contributed by atoms with E-state index in [1.807, 2.05) is 20.3 Å². The first-order valence-corrected chi connectivity index (χ1v) is 2.02. The summed E-state index contributed by atoms with van der Waals surface area (Å²) in [5, 5.41) is 0. The van der Waals surface area contributed by atoms with Crippen molar-refractivity contribution >= 4 is 16.2 Å². The van der Waals surface area contributed by atoms with Gasteiger partial charge in [-0.05, 0) is 6.42 Å². The van der Waals surface area contributed by atoms with E-state index in [9.17, 15) is 0 Å². The molecule has 0 aliphatic rings. The molecule has 0 aliphatic carbocycles. The predicted molar refractivity (Wildman–Crippen MR) is 23.5 cm³/mol. The molecule has 29 valence electrons. The second-order valence-electron chi connectivity index (χ2n) is 0.577. The molecule has 0 rings (SSSR count). The number of hydrogen-bond acceptors (Lipinski definition) is 1. The molecule has 5 heavy (non-hydrogen) atoms. The monoisotopic (exact) mass is 87.0 g/mol. The molecule has 0 aliphatic heterocycles. The number of hydrogen-bond donors (Lipinski definition) is 0. The normalized spacial score (nSPS) is 4.20. The van der Waals surface area contributed by atoms with Crippen LogP contribution in [0.1, 0.15) is 13.8 Å². The molecule has 0 aromatic heterocycles. The van der Waals surface area contributed by atoms with Crippen LogP contribution in [-0.4, -0.2) is 16.2 Å². The molecule has 2 heteroatoms. The van der Waals surface area contributed by atoms with Crippen LogP contribution in [0.4, 0.5) is 0 Å². The van der Waals surface area contributed by atoms with Gasteiger partial charge in [0.15, 0.2) is 0 Å². The van der Waals surface area contributed by atoms with E-state index in [1.54, 1.807) is 0 Å². The van der Waals surface area contributed by atoms with E-state index in [-0.39, 0.29) is 0 Å². The van der Waals surface area contributed by atoms with Gasteiger partial charge in [-0.2, -0.15) is 0 Å². The third-order valence-electron chi connectivity index (χ3n) is 0. The fraction of sp³-hybridized carbons (Fsp3) is 0.667. The summed E-state index contributed by atoms with van der Waals surface area (Å²) < 4.78 is 8.28. The Labute approximate surface area is 41.0 Å². The van der Waals surface area contributed by atoms with E-state index >= 15 is 0 Å². The molecule has 0 heterocycles. The molecule has 0 saturated heterocycles. The standard InChI is InChI=1S/C3H7.Al.O.H/c1-3-2;;;/h3H,1-2H3;;;. The van der Waals surface area contributed by atoms with Crippen molar-refractivity contribution in [3.8, 4) is 0 Å². The average Bonchev–Trinajstić information content (AvgIpc) is 1.46. The molecule has 1 nitrogen and oxygen atoms in total. The summed E-state index contributed by atoms with van der Waals surface area (Å²) >= 11 is 0.611. The molecule has 0 N–H and O–H groups in total. The Morgan fingerprint density at radius 2 is 1.40 bits per heavy atom. The van der Waals surface area contributed by atoms with Crippen LogP contribution in [0.5, 0.6) is 0 Å². The molecular weight excluding hydrogens is 79.0 g/mol. The van der Waals surface area contributed by atoms with Gasteiger partial charge >= 0.3 is 20.0 Å². The van der Waals surface area contributed by atoms with Crippen molar-refractivity contribution in [1.29, 1.82) is 0 Å². The fourth-order valence-electron chi connectivity index (χ4n) is 0. The summed E-state index contributed by atoms with van der Waals surface area (Å²) in [6, 6.07) is 0. The van der Waals surface area contributed by atoms with Crippen LogP contribution in [0, 0.1) is 6.42 Å². The second kappa shape index (κ2) is 27.1. The zero-order valence-electron chi connectivity index (χ0n) is 3.69. The first-order valence-electron chi connectivity index (χ1n) is 1.44. The third-order valence-corrected chi connectivity index (χ3v) is 0. The summed E-state index contributed by atoms with van der Waals surface area (Å²) in [6.07, 6.45) is 2.00. The molecular formula is C3H8AlO. The van der Waals surface area contributed by atoms with E-state index in [2.05, 4.69) is 0 Å². The van der Waals surface area contributed by atoms with Crippen LogP contribution >= 0.6 is 0 Å². The van der Waals surface area contributed by atoms with Crippen LogP contribution < -0.4 is 0 Å². The van der Waals surface area contributed by atoms with Crippen LogP contribution in [-0.2, 0) is 3.80 Å². The molecule has 0 fully saturated rings. The minimum absolute atomic E-state index is 0.611. The van der Waals surface area contributed by atoms with Crippen molar-refractivity contribution in [3.63, 3.8) is 0 Å². The van der Waals surface area contributed by atoms with Crippen LogP contribution in [0.2, 0.25) is 0 Å². The van der Waals surface area contributed by atoms with Crippen LogP contribution in [0.3, 0.4) is 0 Å². The summed E-state index contributed by atoms with van der Waals surface area (Å²) in [7, 11) is 0. The predicted octanol–water partition coefficient (Wildman–Crippen LogP) is 0.463. The van der Waals surface area contributed by atoms with E-state index in [4.69, 9.17) is 3.80 Å². The van der Waals surface area contributed by atoms with Crippen molar-refractivity contribution in [2.24, 2.45) is 0 Å². The molecule has 0 atom stereocenters. The van der Waals surface area contributed by atoms with Crippen molar-refractivity contribution < 1.29 is 3.80 Å². The van der Waals surface area contributed by atoms with Crippen molar-refractivity contribution in [3.05, 3.63) is 6.42 Å². The van der Waals surface area contributed by atoms with Gasteiger partial charge in [0, 0.05) is 0 Å². The minimum atomic E-state index is 0.611. The van der Waals surface area contributed by atoms with Crippen molar-refractivity contribution in [2.45, 2.75) is 13.8 Å². The summed E-state index contributed by atoms with van der Waals surface area (Å²) in [5.74, 6) is 0. The molecule has 1 radical (unpaired) electrons. The zero-order valence-corrected chi connectivity index (χ0v) is 5.11. The van der Waals surface area contributed by atoms with Gasteiger partial charge < -0.3 is 0 Å². The Balaban J connectivity index is 0. The number of rotatable bonds is 0. The van der Waals surface area contributed by atoms with Gasteiger partial charge in [-0.3, -0.25) is 0 Å². The van der Waals surface area contributed by atoms with Gasteiger partial charge in [-0.25, -0.2) is 0 Å². The van der Waals surface area contributed by atoms with E-state index < -0.39 is 0 Å². The molecule has 0 aromatic carbocycles. The topological polar surface area (TPSA) is 17.1 Å². The van der Waals surface area contributed by atoms with Gasteiger partial charge in [-0.1, -0.05) is 13.8 Å². The summed E-state index contributed by atoms with van der Waals surface area (Å²) in [5.41, 5.74) is 0. The maximum absolute atomic E-state index is 8.28. The quantitative estimate of drug-likeness (QED) is 0.392. The van der Waals surface area contributed by atoms with Gasteiger partial charge in [0.25, 0.3) is 0 Å². The first kappa shape index (κ1) is 9.01. The van der Waals surface area contributed by atoms with Crippen molar-refractivity contribution in [2.75, 3.05) is 0 Å². The van der Waals surface area contributed by atoms with E-state index in [0.717, 1.165) is 0 Å². The van der Waals surface area contributed by atoms with Crippen molar-refractivity contribution in [1.82, 2.24) is 0 Å². The fourth-order valence-corrected chi connectivity index (χ4v) is 0. The Morgan fingerprint density at radius 3 is 1.40 bits per heavy atom. The van der Waals surface area contributed by atoms with Crippen LogP contribution in [0.25, 0.3) is 0 Å². The Kier molecular flexibility index (Phi) is 48.8. The molecule has 0 amide bonds.